The summed E-state index contributed by atoms with van der Waals surface area (Å²) in [6, 6.07) is 15.3. The van der Waals surface area contributed by atoms with Crippen LogP contribution < -0.4 is 31.9 Å². The maximum absolute atomic E-state index is 13.6. The molecule has 2 aromatic carbocycles. The molecule has 0 radical (unpaired) electrons. The number of hydrogen-bond acceptors (Lipinski definition) is 7. The number of amides is 5. The summed E-state index contributed by atoms with van der Waals surface area (Å²) in [6.07, 6.45) is 8.35. The van der Waals surface area contributed by atoms with Gasteiger partial charge < -0.3 is 36.3 Å². The Morgan fingerprint density at radius 3 is 2.28 bits per heavy atom. The molecule has 50 heavy (non-hydrogen) atoms. The van der Waals surface area contributed by atoms with E-state index in [0.717, 1.165) is 35.1 Å². The van der Waals surface area contributed by atoms with E-state index in [0.29, 0.717) is 50.2 Å². The van der Waals surface area contributed by atoms with Gasteiger partial charge in [-0.1, -0.05) is 48.5 Å². The van der Waals surface area contributed by atoms with Gasteiger partial charge in [0.15, 0.2) is 0 Å². The van der Waals surface area contributed by atoms with Crippen LogP contribution in [0.3, 0.4) is 0 Å². The highest BCUT2D eigenvalue weighted by Gasteiger charge is 2.30. The van der Waals surface area contributed by atoms with E-state index < -0.39 is 12.1 Å². The van der Waals surface area contributed by atoms with Crippen LogP contribution in [0.1, 0.15) is 59.3 Å². The van der Waals surface area contributed by atoms with Crippen LogP contribution in [0, 0.1) is 5.92 Å². The van der Waals surface area contributed by atoms with Crippen LogP contribution in [0.4, 0.5) is 0 Å². The first-order chi connectivity index (χ1) is 24.3. The molecule has 6 N–H and O–H groups in total. The minimum atomic E-state index is -0.851. The van der Waals surface area contributed by atoms with Crippen molar-refractivity contribution in [1.29, 1.82) is 0 Å². The average Bonchev–Trinajstić information content (AvgIpc) is 3.58. The molecule has 0 spiro atoms. The molecule has 12 heteroatoms. The van der Waals surface area contributed by atoms with E-state index in [2.05, 4.69) is 31.9 Å². The normalized spacial score (nSPS) is 24.8. The number of carbonyl (C=O) groups excluding carboxylic acids is 5. The summed E-state index contributed by atoms with van der Waals surface area (Å²) in [5.74, 6) is -0.961. The molecule has 1 aliphatic carbocycles. The van der Waals surface area contributed by atoms with Gasteiger partial charge in [-0.25, -0.2) is 0 Å². The molecule has 1 fully saturated rings. The van der Waals surface area contributed by atoms with Gasteiger partial charge in [0.05, 0.1) is 12.7 Å². The summed E-state index contributed by atoms with van der Waals surface area (Å²) in [5.41, 5.74) is 4.25. The number of furan rings is 1. The van der Waals surface area contributed by atoms with Crippen molar-refractivity contribution in [1.82, 2.24) is 31.9 Å². The minimum Gasteiger partial charge on any atom is -0.469 e. The molecule has 0 unspecified atom stereocenters. The van der Waals surface area contributed by atoms with E-state index >= 15 is 0 Å². The molecule has 0 saturated heterocycles. The monoisotopic (exact) mass is 680 g/mol. The van der Waals surface area contributed by atoms with Gasteiger partial charge in [0.2, 0.25) is 29.5 Å². The van der Waals surface area contributed by atoms with Gasteiger partial charge in [-0.3, -0.25) is 24.0 Å². The van der Waals surface area contributed by atoms with Crippen LogP contribution in [0.15, 0.2) is 77.4 Å². The van der Waals surface area contributed by atoms with Gasteiger partial charge in [0.1, 0.15) is 17.8 Å². The van der Waals surface area contributed by atoms with E-state index in [-0.39, 0.29) is 60.9 Å². The molecule has 1 aromatic heterocycles. The predicted molar refractivity (Wildman–Crippen MR) is 185 cm³/mol. The van der Waals surface area contributed by atoms with Crippen molar-refractivity contribution in [2.75, 3.05) is 6.54 Å². The van der Waals surface area contributed by atoms with Crippen LogP contribution >= 0.6 is 0 Å². The lowest BCUT2D eigenvalue weighted by Gasteiger charge is -2.29. The number of rotatable bonds is 2. The first-order valence-corrected chi connectivity index (χ1v) is 17.3. The fraction of sp³-hybridized carbons (Fsp3) is 0.395. The second kappa shape index (κ2) is 16.4. The van der Waals surface area contributed by atoms with Crippen molar-refractivity contribution < 1.29 is 28.4 Å². The van der Waals surface area contributed by atoms with Gasteiger partial charge >= 0.3 is 0 Å². The Morgan fingerprint density at radius 1 is 0.700 bits per heavy atom. The fourth-order valence-corrected chi connectivity index (χ4v) is 6.85. The Hall–Kier alpha value is -5.23. The lowest BCUT2D eigenvalue weighted by Crippen LogP contribution is -2.50. The smallest absolute Gasteiger partial charge is 0.243 e. The molecule has 5 heterocycles. The summed E-state index contributed by atoms with van der Waals surface area (Å²) in [4.78, 5) is 65.8. The van der Waals surface area contributed by atoms with Crippen molar-refractivity contribution in [3.63, 3.8) is 0 Å². The molecule has 4 aliphatic heterocycles. The maximum Gasteiger partial charge on any atom is 0.243 e. The van der Waals surface area contributed by atoms with Crippen LogP contribution in [-0.2, 0) is 62.9 Å². The third-order valence-corrected chi connectivity index (χ3v) is 9.70. The third-order valence-electron chi connectivity index (χ3n) is 9.70. The van der Waals surface area contributed by atoms with Crippen LogP contribution in [0.25, 0.3) is 0 Å². The highest BCUT2D eigenvalue weighted by molar-refractivity contribution is 5.90. The first kappa shape index (κ1) is 34.6. The molecule has 5 aliphatic rings. The Morgan fingerprint density at radius 2 is 1.48 bits per heavy atom. The van der Waals surface area contributed by atoms with E-state index in [1.54, 1.807) is 18.2 Å². The predicted octanol–water partition coefficient (Wildman–Crippen LogP) is 1.86. The third kappa shape index (κ3) is 9.26. The second-order valence-corrected chi connectivity index (χ2v) is 13.2. The van der Waals surface area contributed by atoms with E-state index in [1.807, 2.05) is 42.5 Å². The zero-order valence-electron chi connectivity index (χ0n) is 28.0. The number of fused-ring (bicyclic) bond motifs is 1. The maximum atomic E-state index is 13.6. The SMILES string of the molecule is O=C1/C=C/CNC2CCC(CC2)C(=O)N[C@@H](Cc2ccco2)C(=O)NCc2ccccc2CC(=O)N[C@H]2Cc3ccc(cc3CNC2=O)CN1. The van der Waals surface area contributed by atoms with Crippen molar-refractivity contribution in [3.8, 4) is 0 Å². The zero-order chi connectivity index (χ0) is 34.9. The lowest BCUT2D eigenvalue weighted by atomic mass is 9.85. The molecule has 1 saturated carbocycles. The Labute approximate surface area is 291 Å². The first-order valence-electron chi connectivity index (χ1n) is 17.3. The molecule has 5 amide bonds. The summed E-state index contributed by atoms with van der Waals surface area (Å²) < 4.78 is 5.51. The largest absolute Gasteiger partial charge is 0.469 e. The van der Waals surface area contributed by atoms with Crippen molar-refractivity contribution >= 4 is 29.5 Å². The van der Waals surface area contributed by atoms with Crippen molar-refractivity contribution in [2.45, 2.75) is 82.7 Å². The van der Waals surface area contributed by atoms with Crippen LogP contribution in [0.5, 0.6) is 0 Å². The average molecular weight is 681 g/mol. The van der Waals surface area contributed by atoms with Gasteiger partial charge in [-0.05, 0) is 65.6 Å². The molecule has 12 nitrogen and oxygen atoms in total. The van der Waals surface area contributed by atoms with E-state index in [1.165, 1.54) is 12.3 Å². The molecule has 3 aromatic rings. The number of carbonyl (C=O) groups is 5. The Balaban J connectivity index is 1.20. The highest BCUT2D eigenvalue weighted by atomic mass is 16.3. The van der Waals surface area contributed by atoms with Crippen molar-refractivity contribution in [3.05, 3.63) is 107 Å². The lowest BCUT2D eigenvalue weighted by molar-refractivity contribution is -0.132. The van der Waals surface area contributed by atoms with Crippen LogP contribution in [-0.4, -0.2) is 54.2 Å². The summed E-state index contributed by atoms with van der Waals surface area (Å²) >= 11 is 0. The number of nitrogens with one attached hydrogen (secondary N) is 6. The van der Waals surface area contributed by atoms with Crippen molar-refractivity contribution in [2.24, 2.45) is 5.92 Å². The van der Waals surface area contributed by atoms with Gasteiger partial charge in [0.25, 0.3) is 0 Å². The van der Waals surface area contributed by atoms with Gasteiger partial charge in [-0.2, -0.15) is 0 Å². The fourth-order valence-electron chi connectivity index (χ4n) is 6.85. The molecule has 8 rings (SSSR count). The standard InChI is InChI=1S/C38H44N6O6/c45-34-8-3-15-39-30-13-11-25(12-14-30)36(47)44-33(20-31-7-4-16-50-31)38(49)41-22-28-6-2-1-5-26(28)19-35(46)43-32-18-27-10-9-24(21-40-34)17-29(27)23-42-37(32)48/h1-10,16-17,25,30,32-33,39H,11-15,18-23H2,(H,40,45)(H,41,49)(H,42,48)(H,43,46)(H,44,47)/b8-3+/t25?,30?,32-,33-/m0/s1. The Kier molecular flexibility index (Phi) is 11.4. The van der Waals surface area contributed by atoms with E-state index in [4.69, 9.17) is 4.42 Å². The minimum absolute atomic E-state index is 0.0137. The number of benzene rings is 2. The topological polar surface area (TPSA) is 171 Å². The molecular weight excluding hydrogens is 636 g/mol. The summed E-state index contributed by atoms with van der Waals surface area (Å²) in [5, 5.41) is 18.1. The Bertz CT molecular complexity index is 1730. The highest BCUT2D eigenvalue weighted by Crippen LogP contribution is 2.25. The second-order valence-electron chi connectivity index (χ2n) is 13.2. The zero-order valence-corrected chi connectivity index (χ0v) is 28.0. The summed E-state index contributed by atoms with van der Waals surface area (Å²) in [6.45, 7) is 1.34. The molecular formula is C38H44N6O6. The number of hydrogen-bond donors (Lipinski definition) is 6. The van der Waals surface area contributed by atoms with Gasteiger partial charge in [0, 0.05) is 57.1 Å². The summed E-state index contributed by atoms with van der Waals surface area (Å²) in [7, 11) is 0. The molecule has 6 bridgehead atoms. The van der Waals surface area contributed by atoms with Crippen LogP contribution in [0.2, 0.25) is 0 Å². The quantitative estimate of drug-likeness (QED) is 0.240. The van der Waals surface area contributed by atoms with E-state index in [9.17, 15) is 24.0 Å². The molecule has 2 atom stereocenters. The van der Waals surface area contributed by atoms with Gasteiger partial charge in [-0.15, -0.1) is 0 Å². The molecule has 262 valence electrons.